The van der Waals surface area contributed by atoms with Crippen LogP contribution in [0, 0.1) is 0 Å². The minimum atomic E-state index is -0.880. The molecule has 2 fully saturated rings. The van der Waals surface area contributed by atoms with Gasteiger partial charge in [-0.05, 0) is 44.4 Å². The number of anilines is 1. The van der Waals surface area contributed by atoms with E-state index in [0.29, 0.717) is 24.6 Å². The van der Waals surface area contributed by atoms with Gasteiger partial charge < -0.3 is 14.8 Å². The molecule has 7 nitrogen and oxygen atoms in total. The Labute approximate surface area is 162 Å². The zero-order valence-electron chi connectivity index (χ0n) is 15.8. The number of hydrogen-bond donors (Lipinski definition) is 1. The Morgan fingerprint density at radius 2 is 2.07 bits per heavy atom. The summed E-state index contributed by atoms with van der Waals surface area (Å²) in [5, 5.41) is 2.74. The number of urea groups is 1. The maximum absolute atomic E-state index is 12.6. The molecule has 1 aromatic heterocycles. The molecule has 144 valence electrons. The smallest absolute Gasteiger partial charge is 0.329 e. The first-order valence-electron chi connectivity index (χ1n) is 9.53. The predicted molar refractivity (Wildman–Crippen MR) is 102 cm³/mol. The lowest BCUT2D eigenvalue weighted by Gasteiger charge is -2.19. The molecule has 3 amide bonds. The second-order valence-corrected chi connectivity index (χ2v) is 7.91. The first kappa shape index (κ1) is 17.0. The van der Waals surface area contributed by atoms with Gasteiger partial charge in [-0.25, -0.2) is 14.7 Å². The summed E-state index contributed by atoms with van der Waals surface area (Å²) in [6.07, 6.45) is 4.22. The second kappa shape index (κ2) is 5.70. The summed E-state index contributed by atoms with van der Waals surface area (Å²) in [6.45, 7) is 4.30. The van der Waals surface area contributed by atoms with Crippen LogP contribution < -0.4 is 19.7 Å². The normalized spacial score (nSPS) is 24.1. The second-order valence-electron chi connectivity index (χ2n) is 7.91. The molecule has 1 aromatic carbocycles. The van der Waals surface area contributed by atoms with Crippen LogP contribution in [0.4, 0.5) is 10.5 Å². The molecular weight excluding hydrogens is 358 g/mol. The van der Waals surface area contributed by atoms with Crippen molar-refractivity contribution in [3.8, 4) is 17.4 Å². The van der Waals surface area contributed by atoms with E-state index >= 15 is 0 Å². The lowest BCUT2D eigenvalue weighted by Crippen LogP contribution is -2.43. The molecule has 2 aromatic rings. The SMILES string of the molecule is CCC1(C)NC(=O)N(c2ccc(Oc3cccc4c3C3(CC3)CO4)nc2)C1=O. The molecule has 7 heteroatoms. The van der Waals surface area contributed by atoms with Gasteiger partial charge in [-0.15, -0.1) is 0 Å². The lowest BCUT2D eigenvalue weighted by atomic mass is 9.97. The van der Waals surface area contributed by atoms with E-state index in [1.165, 1.54) is 6.20 Å². The van der Waals surface area contributed by atoms with E-state index in [4.69, 9.17) is 9.47 Å². The van der Waals surface area contributed by atoms with Gasteiger partial charge in [0.05, 0.1) is 18.5 Å². The first-order chi connectivity index (χ1) is 13.5. The summed E-state index contributed by atoms with van der Waals surface area (Å²) in [4.78, 5) is 30.3. The van der Waals surface area contributed by atoms with Gasteiger partial charge in [0.1, 0.15) is 17.0 Å². The van der Waals surface area contributed by atoms with Gasteiger partial charge >= 0.3 is 6.03 Å². The zero-order chi connectivity index (χ0) is 19.5. The minimum absolute atomic E-state index is 0.0938. The van der Waals surface area contributed by atoms with Gasteiger partial charge in [-0.2, -0.15) is 0 Å². The van der Waals surface area contributed by atoms with E-state index in [-0.39, 0.29) is 11.3 Å². The summed E-state index contributed by atoms with van der Waals surface area (Å²) < 4.78 is 11.8. The molecule has 1 N–H and O–H groups in total. The van der Waals surface area contributed by atoms with E-state index in [1.807, 2.05) is 25.1 Å². The fourth-order valence-corrected chi connectivity index (χ4v) is 3.91. The van der Waals surface area contributed by atoms with Crippen LogP contribution in [0.3, 0.4) is 0 Å². The Bertz CT molecular complexity index is 984. The average molecular weight is 379 g/mol. The van der Waals surface area contributed by atoms with Crippen molar-refractivity contribution in [3.63, 3.8) is 0 Å². The van der Waals surface area contributed by atoms with Gasteiger partial charge in [0, 0.05) is 17.0 Å². The zero-order valence-corrected chi connectivity index (χ0v) is 15.8. The first-order valence-corrected chi connectivity index (χ1v) is 9.53. The molecule has 1 aliphatic carbocycles. The maximum Gasteiger partial charge on any atom is 0.329 e. The maximum atomic E-state index is 12.6. The highest BCUT2D eigenvalue weighted by Gasteiger charge is 2.52. The van der Waals surface area contributed by atoms with Crippen molar-refractivity contribution in [1.82, 2.24) is 10.3 Å². The number of pyridine rings is 1. The highest BCUT2D eigenvalue weighted by atomic mass is 16.5. The van der Waals surface area contributed by atoms with Crippen molar-refractivity contribution >= 4 is 17.6 Å². The third kappa shape index (κ3) is 2.38. The van der Waals surface area contributed by atoms with E-state index in [1.54, 1.807) is 19.1 Å². The molecule has 1 unspecified atom stereocenters. The Morgan fingerprint density at radius 1 is 1.25 bits per heavy atom. The molecule has 0 bridgehead atoms. The molecule has 1 spiro atoms. The molecule has 5 rings (SSSR count). The fraction of sp³-hybridized carbons (Fsp3) is 0.381. The molecule has 28 heavy (non-hydrogen) atoms. The van der Waals surface area contributed by atoms with Crippen LogP contribution in [0.5, 0.6) is 17.4 Å². The summed E-state index contributed by atoms with van der Waals surface area (Å²) in [5.74, 6) is 1.76. The number of rotatable bonds is 4. The third-order valence-corrected chi connectivity index (χ3v) is 6.04. The van der Waals surface area contributed by atoms with Gasteiger partial charge in [-0.3, -0.25) is 4.79 Å². The van der Waals surface area contributed by atoms with Gasteiger partial charge in [0.15, 0.2) is 0 Å². The van der Waals surface area contributed by atoms with E-state index in [9.17, 15) is 9.59 Å². The number of fused-ring (bicyclic) bond motifs is 2. The lowest BCUT2D eigenvalue weighted by molar-refractivity contribution is -0.121. The fourth-order valence-electron chi connectivity index (χ4n) is 3.91. The molecular formula is C21H21N3O4. The third-order valence-electron chi connectivity index (χ3n) is 6.04. The Morgan fingerprint density at radius 3 is 2.71 bits per heavy atom. The predicted octanol–water partition coefficient (Wildman–Crippen LogP) is 3.52. The Balaban J connectivity index is 1.40. The van der Waals surface area contributed by atoms with Gasteiger partial charge in [0.25, 0.3) is 5.91 Å². The van der Waals surface area contributed by atoms with Crippen LogP contribution in [0.15, 0.2) is 36.5 Å². The number of amides is 3. The number of carbonyl (C=O) groups is 2. The summed E-state index contributed by atoms with van der Waals surface area (Å²) in [6, 6.07) is 8.71. The molecule has 2 aliphatic heterocycles. The highest BCUT2D eigenvalue weighted by Crippen LogP contribution is 2.58. The van der Waals surface area contributed by atoms with Crippen LogP contribution >= 0.6 is 0 Å². The molecule has 1 saturated carbocycles. The Kier molecular flexibility index (Phi) is 3.47. The Hall–Kier alpha value is -3.09. The van der Waals surface area contributed by atoms with Crippen molar-refractivity contribution in [1.29, 1.82) is 0 Å². The van der Waals surface area contributed by atoms with E-state index in [2.05, 4.69) is 10.3 Å². The number of carbonyl (C=O) groups excluding carboxylic acids is 2. The standard InChI is InChI=1S/C21H21N3O4/c1-3-20(2)18(25)24(19(26)23-20)13-7-8-16(22-11-13)28-15-6-4-5-14-17(15)21(9-10-21)12-27-14/h4-8,11H,3,9-10,12H2,1-2H3,(H,23,26). The quantitative estimate of drug-likeness (QED) is 0.822. The summed E-state index contributed by atoms with van der Waals surface area (Å²) in [5.41, 5.74) is 0.757. The van der Waals surface area contributed by atoms with Crippen molar-refractivity contribution in [3.05, 3.63) is 42.1 Å². The number of hydrogen-bond acceptors (Lipinski definition) is 5. The van der Waals surface area contributed by atoms with E-state index in [0.717, 1.165) is 34.8 Å². The number of benzene rings is 1. The van der Waals surface area contributed by atoms with Crippen LogP contribution in [-0.4, -0.2) is 29.1 Å². The van der Waals surface area contributed by atoms with Crippen molar-refractivity contribution in [2.45, 2.75) is 44.1 Å². The van der Waals surface area contributed by atoms with Crippen LogP contribution in [-0.2, 0) is 10.2 Å². The summed E-state index contributed by atoms with van der Waals surface area (Å²) in [7, 11) is 0. The molecule has 3 heterocycles. The molecule has 1 saturated heterocycles. The molecule has 1 atom stereocenters. The largest absolute Gasteiger partial charge is 0.492 e. The number of nitrogens with zero attached hydrogens (tertiary/aromatic N) is 2. The number of nitrogens with one attached hydrogen (secondary N) is 1. The summed E-state index contributed by atoms with van der Waals surface area (Å²) >= 11 is 0. The van der Waals surface area contributed by atoms with Crippen LogP contribution in [0.2, 0.25) is 0 Å². The number of aromatic nitrogens is 1. The van der Waals surface area contributed by atoms with Crippen LogP contribution in [0.25, 0.3) is 0 Å². The van der Waals surface area contributed by atoms with Crippen molar-refractivity contribution < 1.29 is 19.1 Å². The molecule has 0 radical (unpaired) electrons. The monoisotopic (exact) mass is 379 g/mol. The van der Waals surface area contributed by atoms with Gasteiger partial charge in [-0.1, -0.05) is 13.0 Å². The topological polar surface area (TPSA) is 80.8 Å². The van der Waals surface area contributed by atoms with Crippen LogP contribution in [0.1, 0.15) is 38.7 Å². The van der Waals surface area contributed by atoms with E-state index < -0.39 is 11.6 Å². The minimum Gasteiger partial charge on any atom is -0.492 e. The highest BCUT2D eigenvalue weighted by molar-refractivity contribution is 6.23. The van der Waals surface area contributed by atoms with Gasteiger partial charge in [0.2, 0.25) is 5.88 Å². The van der Waals surface area contributed by atoms with Crippen molar-refractivity contribution in [2.75, 3.05) is 11.5 Å². The average Bonchev–Trinajstić information content (AvgIpc) is 3.32. The number of imide groups is 1. The van der Waals surface area contributed by atoms with Crippen molar-refractivity contribution in [2.24, 2.45) is 0 Å². The number of ether oxygens (including phenoxy) is 2. The molecule has 3 aliphatic rings.